The fourth-order valence-electron chi connectivity index (χ4n) is 11.3. The van der Waals surface area contributed by atoms with Crippen LogP contribution in [0.25, 0.3) is 105 Å². The molecule has 0 aliphatic heterocycles. The minimum atomic E-state index is 0.359. The highest BCUT2D eigenvalue weighted by atomic mass is 16.3. The van der Waals surface area contributed by atoms with Crippen molar-refractivity contribution in [1.29, 1.82) is 0 Å². The van der Waals surface area contributed by atoms with Gasteiger partial charge < -0.3 is 18.5 Å². The predicted molar refractivity (Wildman–Crippen MR) is 298 cm³/mol. The Hall–Kier alpha value is -9.12. The molecule has 1 unspecified atom stereocenters. The Balaban J connectivity index is 0.855. The lowest BCUT2D eigenvalue weighted by Crippen LogP contribution is -2.09. The molecule has 0 N–H and O–H groups in total. The number of hydrogen-bond acceptors (Lipinski definition) is 2. The van der Waals surface area contributed by atoms with E-state index in [-0.39, 0.29) is 0 Å². The molecule has 1 aliphatic rings. The van der Waals surface area contributed by atoms with Crippen molar-refractivity contribution in [2.45, 2.75) is 19.3 Å². The average Bonchev–Trinajstić information content (AvgIpc) is 4.10. The van der Waals surface area contributed by atoms with Gasteiger partial charge in [0.2, 0.25) is 0 Å². The number of rotatable bonds is 8. The molecule has 4 nitrogen and oxygen atoms in total. The third-order valence-electron chi connectivity index (χ3n) is 14.7. The average molecular weight is 910 g/mol. The Morgan fingerprint density at radius 2 is 0.873 bits per heavy atom. The molecule has 4 heteroatoms. The fourth-order valence-corrected chi connectivity index (χ4v) is 11.3. The third kappa shape index (κ3) is 6.75. The second-order valence-electron chi connectivity index (χ2n) is 18.9. The molecule has 0 radical (unpaired) electrons. The molecule has 3 aromatic heterocycles. The standard InChI is InChI=1S/C67H47N3O/c1-44-14-12-22-59-60-23-13-21-55(67(60)71-66(44)59)47-30-38-54(39-31-47)68(52-34-26-45(27-35-52)48-33-41-64-61(42-48)57-20-9-11-25-63(57)69(64)50-15-4-2-5-16-50)53-36-28-46(29-37-53)49-32-40-58-56-19-8-10-24-62(56)70(65(58)43-49)51-17-6-3-7-18-51/h2-13,15-44H,14H2,1H3. The summed E-state index contributed by atoms with van der Waals surface area (Å²) < 4.78 is 11.4. The van der Waals surface area contributed by atoms with Crippen molar-refractivity contribution >= 4 is 77.7 Å². The van der Waals surface area contributed by atoms with E-state index in [1.807, 2.05) is 0 Å². The van der Waals surface area contributed by atoms with Crippen LogP contribution in [0.3, 0.4) is 0 Å². The molecule has 10 aromatic carbocycles. The van der Waals surface area contributed by atoms with E-state index in [0.717, 1.165) is 62.9 Å². The summed E-state index contributed by atoms with van der Waals surface area (Å²) in [5.74, 6) is 1.44. The van der Waals surface area contributed by atoms with Crippen LogP contribution in [-0.2, 0) is 0 Å². The highest BCUT2D eigenvalue weighted by molar-refractivity contribution is 6.11. The number of aromatic nitrogens is 2. The first-order valence-corrected chi connectivity index (χ1v) is 24.6. The zero-order chi connectivity index (χ0) is 47.0. The summed E-state index contributed by atoms with van der Waals surface area (Å²) >= 11 is 0. The van der Waals surface area contributed by atoms with Crippen LogP contribution in [0.5, 0.6) is 0 Å². The normalized spacial score (nSPS) is 13.5. The summed E-state index contributed by atoms with van der Waals surface area (Å²) in [6, 6.07) is 86.1. The molecule has 14 rings (SSSR count). The molecule has 1 aliphatic carbocycles. The topological polar surface area (TPSA) is 26.2 Å². The van der Waals surface area contributed by atoms with E-state index in [1.54, 1.807) is 0 Å². The lowest BCUT2D eigenvalue weighted by atomic mass is 9.93. The van der Waals surface area contributed by atoms with Gasteiger partial charge in [0.25, 0.3) is 0 Å². The number of anilines is 3. The van der Waals surface area contributed by atoms with Crippen LogP contribution in [-0.4, -0.2) is 9.13 Å². The van der Waals surface area contributed by atoms with Gasteiger partial charge in [-0.2, -0.15) is 0 Å². The molecule has 336 valence electrons. The summed E-state index contributed by atoms with van der Waals surface area (Å²) in [4.78, 5) is 2.36. The number of fused-ring (bicyclic) bond motifs is 9. The zero-order valence-corrected chi connectivity index (χ0v) is 39.2. The van der Waals surface area contributed by atoms with Crippen LogP contribution < -0.4 is 4.90 Å². The van der Waals surface area contributed by atoms with Gasteiger partial charge in [0.05, 0.1) is 22.1 Å². The van der Waals surface area contributed by atoms with E-state index in [0.29, 0.717) is 5.92 Å². The van der Waals surface area contributed by atoms with E-state index in [4.69, 9.17) is 4.42 Å². The van der Waals surface area contributed by atoms with Crippen molar-refractivity contribution in [3.8, 4) is 44.8 Å². The van der Waals surface area contributed by atoms with Gasteiger partial charge in [-0.15, -0.1) is 0 Å². The van der Waals surface area contributed by atoms with Crippen LogP contribution in [0.2, 0.25) is 0 Å². The Kier molecular flexibility index (Phi) is 9.53. The zero-order valence-electron chi connectivity index (χ0n) is 39.2. The van der Waals surface area contributed by atoms with Gasteiger partial charge in [0, 0.05) is 72.4 Å². The maximum atomic E-state index is 6.67. The summed E-state index contributed by atoms with van der Waals surface area (Å²) in [5, 5.41) is 6.16. The molecule has 71 heavy (non-hydrogen) atoms. The molecule has 0 saturated heterocycles. The van der Waals surface area contributed by atoms with Crippen molar-refractivity contribution in [3.63, 3.8) is 0 Å². The first kappa shape index (κ1) is 40.9. The second-order valence-corrected chi connectivity index (χ2v) is 18.9. The van der Waals surface area contributed by atoms with Crippen molar-refractivity contribution in [2.24, 2.45) is 0 Å². The Morgan fingerprint density at radius 1 is 0.394 bits per heavy atom. The fraction of sp³-hybridized carbons (Fsp3) is 0.0448. The Labute approximate surface area is 412 Å². The highest BCUT2D eigenvalue weighted by Crippen LogP contribution is 2.44. The molecular weight excluding hydrogens is 863 g/mol. The first-order valence-electron chi connectivity index (χ1n) is 24.6. The minimum Gasteiger partial charge on any atom is -0.459 e. The largest absolute Gasteiger partial charge is 0.459 e. The van der Waals surface area contributed by atoms with Crippen LogP contribution in [0.1, 0.15) is 30.6 Å². The number of hydrogen-bond donors (Lipinski definition) is 0. The molecule has 3 heterocycles. The molecule has 0 amide bonds. The van der Waals surface area contributed by atoms with Gasteiger partial charge in [-0.05, 0) is 125 Å². The van der Waals surface area contributed by atoms with E-state index in [9.17, 15) is 0 Å². The second kappa shape index (κ2) is 16.5. The lowest BCUT2D eigenvalue weighted by Gasteiger charge is -2.26. The predicted octanol–water partition coefficient (Wildman–Crippen LogP) is 18.6. The molecular formula is C67H47N3O. The monoisotopic (exact) mass is 909 g/mol. The van der Waals surface area contributed by atoms with Gasteiger partial charge in [0.15, 0.2) is 0 Å². The number of furan rings is 1. The van der Waals surface area contributed by atoms with Crippen molar-refractivity contribution < 1.29 is 4.42 Å². The Morgan fingerprint density at radius 3 is 1.51 bits per heavy atom. The number of para-hydroxylation sites is 5. The maximum absolute atomic E-state index is 6.67. The number of benzene rings is 10. The molecule has 0 saturated carbocycles. The van der Waals surface area contributed by atoms with E-state index in [1.165, 1.54) is 71.3 Å². The lowest BCUT2D eigenvalue weighted by molar-refractivity contribution is 0.504. The van der Waals surface area contributed by atoms with Crippen molar-refractivity contribution in [1.82, 2.24) is 9.13 Å². The summed E-state index contributed by atoms with van der Waals surface area (Å²) in [6.07, 6.45) is 5.50. The van der Waals surface area contributed by atoms with Gasteiger partial charge >= 0.3 is 0 Å². The number of allylic oxidation sites excluding steroid dienone is 1. The minimum absolute atomic E-state index is 0.359. The van der Waals surface area contributed by atoms with Gasteiger partial charge in [-0.3, -0.25) is 0 Å². The summed E-state index contributed by atoms with van der Waals surface area (Å²) in [7, 11) is 0. The quantitative estimate of drug-likeness (QED) is 0.152. The third-order valence-corrected chi connectivity index (χ3v) is 14.7. The maximum Gasteiger partial charge on any atom is 0.142 e. The summed E-state index contributed by atoms with van der Waals surface area (Å²) in [5.41, 5.74) is 19.4. The van der Waals surface area contributed by atoms with Crippen LogP contribution in [0.4, 0.5) is 17.1 Å². The van der Waals surface area contributed by atoms with Crippen molar-refractivity contribution in [3.05, 3.63) is 254 Å². The van der Waals surface area contributed by atoms with Crippen LogP contribution in [0, 0.1) is 0 Å². The highest BCUT2D eigenvalue weighted by Gasteiger charge is 2.23. The van der Waals surface area contributed by atoms with Crippen LogP contribution >= 0.6 is 0 Å². The van der Waals surface area contributed by atoms with Gasteiger partial charge in [-0.1, -0.05) is 165 Å². The van der Waals surface area contributed by atoms with Gasteiger partial charge in [0.1, 0.15) is 11.3 Å². The summed E-state index contributed by atoms with van der Waals surface area (Å²) in [6.45, 7) is 2.25. The smallest absolute Gasteiger partial charge is 0.142 e. The van der Waals surface area contributed by atoms with Gasteiger partial charge in [-0.25, -0.2) is 0 Å². The SMILES string of the molecule is CC1CC=Cc2c1oc1c(-c3ccc(N(c4ccc(-c5ccc6c(c5)c5ccccc5n6-c5ccccc5)cc4)c4ccc(-c5ccc6c7ccccc7n(-c7ccccc7)c6c5)cc4)cc3)cccc21. The van der Waals surface area contributed by atoms with E-state index < -0.39 is 0 Å². The molecule has 0 bridgehead atoms. The van der Waals surface area contributed by atoms with Crippen LogP contribution in [0.15, 0.2) is 247 Å². The molecule has 0 fully saturated rings. The van der Waals surface area contributed by atoms with E-state index in [2.05, 4.69) is 270 Å². The molecule has 0 spiro atoms. The van der Waals surface area contributed by atoms with Crippen molar-refractivity contribution in [2.75, 3.05) is 4.90 Å². The number of nitrogens with zero attached hydrogens (tertiary/aromatic N) is 3. The Bertz CT molecular complexity index is 4180. The van der Waals surface area contributed by atoms with E-state index >= 15 is 0 Å². The molecule has 1 atom stereocenters. The molecule has 13 aromatic rings. The first-order chi connectivity index (χ1) is 35.1.